The fraction of sp³-hybridized carbons (Fsp3) is 0.188. The van der Waals surface area contributed by atoms with Gasteiger partial charge in [-0.2, -0.15) is 0 Å². The highest BCUT2D eigenvalue weighted by Gasteiger charge is 2.07. The molecular weight excluding hydrogens is 356 g/mol. The van der Waals surface area contributed by atoms with Crippen molar-refractivity contribution in [3.63, 3.8) is 0 Å². The minimum Gasteiger partial charge on any atom is -0.496 e. The Morgan fingerprint density at radius 2 is 1.86 bits per heavy atom. The van der Waals surface area contributed by atoms with Crippen LogP contribution in [0.1, 0.15) is 12.0 Å². The van der Waals surface area contributed by atoms with Crippen LogP contribution >= 0.6 is 15.9 Å². The summed E-state index contributed by atoms with van der Waals surface area (Å²) in [4.78, 5) is 11.8. The van der Waals surface area contributed by atoms with Crippen LogP contribution in [-0.4, -0.2) is 13.0 Å². The molecule has 0 atom stereocenters. The van der Waals surface area contributed by atoms with Gasteiger partial charge in [-0.05, 0) is 52.2 Å². The number of benzene rings is 2. The number of carbonyl (C=O) groups is 1. The third kappa shape index (κ3) is 4.53. The Morgan fingerprint density at radius 3 is 2.45 bits per heavy atom. The van der Waals surface area contributed by atoms with Crippen molar-refractivity contribution in [1.29, 1.82) is 0 Å². The number of methoxy groups -OCH3 is 1. The number of carbonyl (C=O) groups excluding carboxylic acids is 1. The van der Waals surface area contributed by atoms with E-state index in [1.807, 2.05) is 12.1 Å². The Morgan fingerprint density at radius 1 is 1.18 bits per heavy atom. The summed E-state index contributed by atoms with van der Waals surface area (Å²) < 4.78 is 32.0. The van der Waals surface area contributed by atoms with E-state index in [-0.39, 0.29) is 18.0 Å². The van der Waals surface area contributed by atoms with Crippen LogP contribution in [0.25, 0.3) is 0 Å². The molecule has 0 saturated heterocycles. The van der Waals surface area contributed by atoms with Crippen molar-refractivity contribution in [3.05, 3.63) is 58.1 Å². The highest BCUT2D eigenvalue weighted by Crippen LogP contribution is 2.26. The van der Waals surface area contributed by atoms with Gasteiger partial charge in [-0.3, -0.25) is 4.79 Å². The van der Waals surface area contributed by atoms with Gasteiger partial charge in [-0.1, -0.05) is 6.07 Å². The predicted molar refractivity (Wildman–Crippen MR) is 84.0 cm³/mol. The van der Waals surface area contributed by atoms with Gasteiger partial charge in [-0.25, -0.2) is 8.78 Å². The summed E-state index contributed by atoms with van der Waals surface area (Å²) in [5.41, 5.74) is 1.06. The van der Waals surface area contributed by atoms with E-state index in [4.69, 9.17) is 4.74 Å². The van der Waals surface area contributed by atoms with Crippen LogP contribution in [0.5, 0.6) is 5.75 Å². The summed E-state index contributed by atoms with van der Waals surface area (Å²) in [5.74, 6) is -1.05. The van der Waals surface area contributed by atoms with Crippen LogP contribution in [0.2, 0.25) is 0 Å². The maximum absolute atomic E-state index is 13.0. The molecule has 0 radical (unpaired) electrons. The molecule has 0 unspecified atom stereocenters. The molecule has 0 aliphatic carbocycles. The number of hydrogen-bond acceptors (Lipinski definition) is 2. The monoisotopic (exact) mass is 369 g/mol. The maximum atomic E-state index is 13.0. The highest BCUT2D eigenvalue weighted by molar-refractivity contribution is 9.10. The third-order valence-corrected chi connectivity index (χ3v) is 3.62. The van der Waals surface area contributed by atoms with Gasteiger partial charge in [0, 0.05) is 18.2 Å². The van der Waals surface area contributed by atoms with Crippen LogP contribution in [-0.2, 0) is 11.2 Å². The van der Waals surface area contributed by atoms with Gasteiger partial charge >= 0.3 is 0 Å². The largest absolute Gasteiger partial charge is 0.496 e. The number of ether oxygens (including phenoxy) is 1. The molecule has 6 heteroatoms. The zero-order chi connectivity index (χ0) is 16.1. The first-order valence-electron chi connectivity index (χ1n) is 6.56. The van der Waals surface area contributed by atoms with Crippen LogP contribution < -0.4 is 10.1 Å². The van der Waals surface area contributed by atoms with Gasteiger partial charge in [-0.15, -0.1) is 0 Å². The van der Waals surface area contributed by atoms with Gasteiger partial charge in [0.2, 0.25) is 5.91 Å². The Hall–Kier alpha value is -1.95. The van der Waals surface area contributed by atoms with Crippen LogP contribution in [0, 0.1) is 11.6 Å². The van der Waals surface area contributed by atoms with Crippen molar-refractivity contribution in [2.75, 3.05) is 12.4 Å². The van der Waals surface area contributed by atoms with Gasteiger partial charge in [0.15, 0.2) is 0 Å². The van der Waals surface area contributed by atoms with E-state index in [1.165, 1.54) is 0 Å². The summed E-state index contributed by atoms with van der Waals surface area (Å²) in [7, 11) is 1.57. The Balaban J connectivity index is 1.94. The topological polar surface area (TPSA) is 38.3 Å². The number of halogens is 3. The number of nitrogens with one attached hydrogen (secondary N) is 1. The average Bonchev–Trinajstić information content (AvgIpc) is 2.44. The fourth-order valence-corrected chi connectivity index (χ4v) is 2.56. The number of amides is 1. The molecule has 2 aromatic carbocycles. The summed E-state index contributed by atoms with van der Waals surface area (Å²) in [5, 5.41) is 2.48. The smallest absolute Gasteiger partial charge is 0.224 e. The van der Waals surface area contributed by atoms with Gasteiger partial charge < -0.3 is 10.1 Å². The highest BCUT2D eigenvalue weighted by atomic mass is 79.9. The standard InChI is InChI=1S/C16H14BrF2NO2/c1-22-15-4-2-10(6-14(15)17)3-5-16(21)20-13-8-11(18)7-12(19)9-13/h2,4,6-9H,3,5H2,1H3,(H,20,21). The molecule has 0 heterocycles. The molecular formula is C16H14BrF2NO2. The molecule has 0 aliphatic rings. The summed E-state index contributed by atoms with van der Waals surface area (Å²) in [6.45, 7) is 0. The maximum Gasteiger partial charge on any atom is 0.224 e. The van der Waals surface area contributed by atoms with Crippen LogP contribution in [0.3, 0.4) is 0 Å². The predicted octanol–water partition coefficient (Wildman–Crippen LogP) is 4.31. The zero-order valence-corrected chi connectivity index (χ0v) is 13.4. The Kier molecular flexibility index (Phi) is 5.49. The van der Waals surface area contributed by atoms with Crippen molar-refractivity contribution < 1.29 is 18.3 Å². The molecule has 0 fully saturated rings. The lowest BCUT2D eigenvalue weighted by molar-refractivity contribution is -0.116. The molecule has 1 N–H and O–H groups in total. The average molecular weight is 370 g/mol. The number of rotatable bonds is 5. The second-order valence-corrected chi connectivity index (χ2v) is 5.53. The fourth-order valence-electron chi connectivity index (χ4n) is 1.97. The first-order chi connectivity index (χ1) is 10.5. The molecule has 0 spiro atoms. The summed E-state index contributed by atoms with van der Waals surface area (Å²) in [6.07, 6.45) is 0.711. The molecule has 0 aromatic heterocycles. The lowest BCUT2D eigenvalue weighted by Gasteiger charge is -2.08. The van der Waals surface area contributed by atoms with E-state index in [9.17, 15) is 13.6 Å². The first kappa shape index (κ1) is 16.4. The number of anilines is 1. The van der Waals surface area contributed by atoms with E-state index < -0.39 is 11.6 Å². The van der Waals surface area contributed by atoms with Gasteiger partial charge in [0.05, 0.1) is 11.6 Å². The van der Waals surface area contributed by atoms with E-state index in [1.54, 1.807) is 13.2 Å². The second-order valence-electron chi connectivity index (χ2n) is 4.68. The normalized spacial score (nSPS) is 10.4. The van der Waals surface area contributed by atoms with E-state index >= 15 is 0 Å². The molecule has 1 amide bonds. The Bertz CT molecular complexity index is 672. The molecule has 0 bridgehead atoms. The molecule has 116 valence electrons. The lowest BCUT2D eigenvalue weighted by Crippen LogP contribution is -2.12. The van der Waals surface area contributed by atoms with Crippen molar-refractivity contribution in [3.8, 4) is 5.75 Å². The quantitative estimate of drug-likeness (QED) is 0.852. The molecule has 3 nitrogen and oxygen atoms in total. The zero-order valence-electron chi connectivity index (χ0n) is 11.8. The van der Waals surface area contributed by atoms with Crippen LogP contribution in [0.15, 0.2) is 40.9 Å². The second kappa shape index (κ2) is 7.35. The van der Waals surface area contributed by atoms with Crippen molar-refractivity contribution in [1.82, 2.24) is 0 Å². The third-order valence-electron chi connectivity index (χ3n) is 3.00. The van der Waals surface area contributed by atoms with Crippen molar-refractivity contribution >= 4 is 27.5 Å². The summed E-state index contributed by atoms with van der Waals surface area (Å²) >= 11 is 3.38. The SMILES string of the molecule is COc1ccc(CCC(=O)Nc2cc(F)cc(F)c2)cc1Br. The molecule has 22 heavy (non-hydrogen) atoms. The van der Waals surface area contributed by atoms with E-state index in [0.717, 1.165) is 28.2 Å². The van der Waals surface area contributed by atoms with Gasteiger partial charge in [0.25, 0.3) is 0 Å². The number of hydrogen-bond donors (Lipinski definition) is 1. The molecule has 0 saturated carbocycles. The molecule has 2 rings (SSSR count). The van der Waals surface area contributed by atoms with Crippen LogP contribution in [0.4, 0.5) is 14.5 Å². The van der Waals surface area contributed by atoms with E-state index in [0.29, 0.717) is 12.2 Å². The van der Waals surface area contributed by atoms with Crippen molar-refractivity contribution in [2.24, 2.45) is 0 Å². The minimum atomic E-state index is -0.727. The van der Waals surface area contributed by atoms with Gasteiger partial charge in [0.1, 0.15) is 17.4 Å². The summed E-state index contributed by atoms with van der Waals surface area (Å²) in [6, 6.07) is 8.44. The lowest BCUT2D eigenvalue weighted by atomic mass is 10.1. The first-order valence-corrected chi connectivity index (χ1v) is 7.35. The van der Waals surface area contributed by atoms with Crippen molar-refractivity contribution in [2.45, 2.75) is 12.8 Å². The van der Waals surface area contributed by atoms with E-state index in [2.05, 4.69) is 21.2 Å². The molecule has 0 aliphatic heterocycles. The minimum absolute atomic E-state index is 0.110. The Labute approximate surface area is 135 Å². The molecule has 2 aromatic rings. The number of aryl methyl sites for hydroxylation is 1.